The number of carbonyl (C=O) groups excluding carboxylic acids is 1. The van der Waals surface area contributed by atoms with Gasteiger partial charge in [0.25, 0.3) is 0 Å². The van der Waals surface area contributed by atoms with E-state index < -0.39 is 15.8 Å². The molecule has 1 fully saturated rings. The summed E-state index contributed by atoms with van der Waals surface area (Å²) in [5.74, 6) is -0.266. The topological polar surface area (TPSA) is 57.7 Å². The van der Waals surface area contributed by atoms with Crippen molar-refractivity contribution in [1.29, 1.82) is 0 Å². The highest BCUT2D eigenvalue weighted by molar-refractivity contribution is 9.10. The Hall–Kier alpha value is -0.990. The maximum atomic E-state index is 13.9. The van der Waals surface area contributed by atoms with Crippen molar-refractivity contribution in [2.24, 2.45) is 5.92 Å². The van der Waals surface area contributed by atoms with Gasteiger partial charge >= 0.3 is 0 Å². The number of nitrogens with zero attached hydrogens (tertiary/aromatic N) is 2. The Morgan fingerprint density at radius 1 is 1.25 bits per heavy atom. The largest absolute Gasteiger partial charge is 0.340 e. The van der Waals surface area contributed by atoms with Crippen LogP contribution in [-0.4, -0.2) is 49.7 Å². The molecule has 1 aromatic rings. The van der Waals surface area contributed by atoms with E-state index in [1.165, 1.54) is 16.4 Å². The van der Waals surface area contributed by atoms with Gasteiger partial charge in [-0.2, -0.15) is 4.31 Å². The van der Waals surface area contributed by atoms with Crippen LogP contribution in [0.5, 0.6) is 0 Å². The molecule has 24 heavy (non-hydrogen) atoms. The molecule has 0 aromatic heterocycles. The highest BCUT2D eigenvalue weighted by Gasteiger charge is 2.31. The summed E-state index contributed by atoms with van der Waals surface area (Å²) < 4.78 is 40.9. The van der Waals surface area contributed by atoms with Gasteiger partial charge < -0.3 is 4.90 Å². The summed E-state index contributed by atoms with van der Waals surface area (Å²) >= 11 is 3.17. The zero-order valence-corrected chi connectivity index (χ0v) is 16.2. The molecule has 1 amide bonds. The Balaban J connectivity index is 2.03. The smallest absolute Gasteiger partial charge is 0.246 e. The van der Waals surface area contributed by atoms with Crippen molar-refractivity contribution in [1.82, 2.24) is 9.21 Å². The maximum absolute atomic E-state index is 13.9. The number of rotatable bonds is 5. The number of carbonyl (C=O) groups is 1. The zero-order valence-electron chi connectivity index (χ0n) is 13.8. The molecule has 5 nitrogen and oxygen atoms in total. The van der Waals surface area contributed by atoms with Gasteiger partial charge in [0, 0.05) is 37.1 Å². The second-order valence-electron chi connectivity index (χ2n) is 6.29. The van der Waals surface area contributed by atoms with Gasteiger partial charge in [-0.15, -0.1) is 0 Å². The van der Waals surface area contributed by atoms with Crippen LogP contribution in [0.1, 0.15) is 26.7 Å². The Bertz CT molecular complexity index is 701. The van der Waals surface area contributed by atoms with Crippen LogP contribution in [0.2, 0.25) is 0 Å². The van der Waals surface area contributed by atoms with Gasteiger partial charge in [-0.3, -0.25) is 4.79 Å². The van der Waals surface area contributed by atoms with Gasteiger partial charge in [0.15, 0.2) is 0 Å². The average molecular weight is 421 g/mol. The molecule has 0 saturated carbocycles. The first kappa shape index (κ1) is 19.3. The van der Waals surface area contributed by atoms with E-state index in [0.717, 1.165) is 12.5 Å². The Kier molecular flexibility index (Phi) is 6.39. The minimum Gasteiger partial charge on any atom is -0.340 e. The van der Waals surface area contributed by atoms with Gasteiger partial charge in [0.05, 0.1) is 0 Å². The lowest BCUT2D eigenvalue weighted by Crippen LogP contribution is -2.50. The fourth-order valence-corrected chi connectivity index (χ4v) is 4.59. The normalized spacial score (nSPS) is 16.6. The van der Waals surface area contributed by atoms with Crippen molar-refractivity contribution in [3.8, 4) is 0 Å². The van der Waals surface area contributed by atoms with E-state index in [-0.39, 0.29) is 23.9 Å². The molecule has 134 valence electrons. The fraction of sp³-hybridized carbons (Fsp3) is 0.562. The van der Waals surface area contributed by atoms with Gasteiger partial charge in [-0.25, -0.2) is 12.8 Å². The van der Waals surface area contributed by atoms with Crippen LogP contribution in [-0.2, 0) is 14.8 Å². The number of halogens is 2. The van der Waals surface area contributed by atoms with Crippen molar-refractivity contribution in [2.75, 3.05) is 26.2 Å². The quantitative estimate of drug-likeness (QED) is 0.735. The summed E-state index contributed by atoms with van der Waals surface area (Å²) in [6.45, 7) is 5.16. The maximum Gasteiger partial charge on any atom is 0.246 e. The third-order valence-electron chi connectivity index (χ3n) is 4.04. The molecule has 2 rings (SSSR count). The summed E-state index contributed by atoms with van der Waals surface area (Å²) in [7, 11) is -3.90. The van der Waals surface area contributed by atoms with Crippen molar-refractivity contribution in [3.63, 3.8) is 0 Å². The van der Waals surface area contributed by atoms with Crippen LogP contribution in [0.3, 0.4) is 0 Å². The molecule has 0 radical (unpaired) electrons. The molecule has 0 aliphatic carbocycles. The van der Waals surface area contributed by atoms with E-state index in [4.69, 9.17) is 0 Å². The molecule has 0 bridgehead atoms. The fourth-order valence-electron chi connectivity index (χ4n) is 2.56. The summed E-state index contributed by atoms with van der Waals surface area (Å²) in [5, 5.41) is 0. The van der Waals surface area contributed by atoms with E-state index in [9.17, 15) is 17.6 Å². The molecule has 0 unspecified atom stereocenters. The van der Waals surface area contributed by atoms with E-state index in [1.54, 1.807) is 4.90 Å². The van der Waals surface area contributed by atoms with Crippen LogP contribution in [0.15, 0.2) is 27.6 Å². The molecular formula is C16H22BrFN2O3S. The Morgan fingerprint density at radius 3 is 2.46 bits per heavy atom. The van der Waals surface area contributed by atoms with Crippen LogP contribution in [0, 0.1) is 11.7 Å². The molecule has 1 aliphatic rings. The molecule has 0 atom stereocenters. The number of benzene rings is 1. The van der Waals surface area contributed by atoms with E-state index in [2.05, 4.69) is 29.8 Å². The molecule has 1 heterocycles. The molecular weight excluding hydrogens is 399 g/mol. The second kappa shape index (κ2) is 7.93. The zero-order chi connectivity index (χ0) is 17.9. The van der Waals surface area contributed by atoms with Crippen LogP contribution < -0.4 is 0 Å². The first-order chi connectivity index (χ1) is 11.2. The number of hydrogen-bond donors (Lipinski definition) is 0. The van der Waals surface area contributed by atoms with Gasteiger partial charge in [0.1, 0.15) is 10.7 Å². The standard InChI is InChI=1S/C16H22BrFN2O3S/c1-12(2)3-6-16(21)19-7-9-20(10-8-19)24(22,23)15-11-13(17)4-5-14(15)18/h4-5,11-12H,3,6-10H2,1-2H3. The number of hydrogen-bond acceptors (Lipinski definition) is 3. The second-order valence-corrected chi connectivity index (χ2v) is 9.11. The lowest BCUT2D eigenvalue weighted by Gasteiger charge is -2.34. The molecule has 1 aromatic carbocycles. The van der Waals surface area contributed by atoms with Crippen LogP contribution in [0.25, 0.3) is 0 Å². The van der Waals surface area contributed by atoms with E-state index in [1.807, 2.05) is 0 Å². The van der Waals surface area contributed by atoms with Crippen molar-refractivity contribution >= 4 is 31.9 Å². The van der Waals surface area contributed by atoms with Crippen LogP contribution in [0.4, 0.5) is 4.39 Å². The minimum absolute atomic E-state index is 0.0504. The van der Waals surface area contributed by atoms with E-state index >= 15 is 0 Å². The third-order valence-corrected chi connectivity index (χ3v) is 6.44. The van der Waals surface area contributed by atoms with Gasteiger partial charge in [-0.1, -0.05) is 29.8 Å². The summed E-state index contributed by atoms with van der Waals surface area (Å²) in [6, 6.07) is 3.85. The highest BCUT2D eigenvalue weighted by Crippen LogP contribution is 2.24. The average Bonchev–Trinajstić information content (AvgIpc) is 2.54. The predicted molar refractivity (Wildman–Crippen MR) is 93.5 cm³/mol. The molecule has 1 saturated heterocycles. The summed E-state index contributed by atoms with van der Waals surface area (Å²) in [4.78, 5) is 13.5. The molecule has 1 aliphatic heterocycles. The van der Waals surface area contributed by atoms with Crippen molar-refractivity contribution in [2.45, 2.75) is 31.6 Å². The number of piperazine rings is 1. The number of amides is 1. The Labute approximate surface area is 151 Å². The summed E-state index contributed by atoms with van der Waals surface area (Å²) in [5.41, 5.74) is 0. The SMILES string of the molecule is CC(C)CCC(=O)N1CCN(S(=O)(=O)c2cc(Br)ccc2F)CC1. The first-order valence-corrected chi connectivity index (χ1v) is 10.2. The minimum atomic E-state index is -3.90. The predicted octanol–water partition coefficient (Wildman–Crippen LogP) is 2.86. The van der Waals surface area contributed by atoms with Crippen molar-refractivity contribution < 1.29 is 17.6 Å². The monoisotopic (exact) mass is 420 g/mol. The number of sulfonamides is 1. The van der Waals surface area contributed by atoms with Gasteiger partial charge in [-0.05, 0) is 30.5 Å². The lowest BCUT2D eigenvalue weighted by molar-refractivity contribution is -0.132. The molecule has 0 spiro atoms. The third kappa shape index (κ3) is 4.55. The van der Waals surface area contributed by atoms with Crippen molar-refractivity contribution in [3.05, 3.63) is 28.5 Å². The molecule has 0 N–H and O–H groups in total. The highest BCUT2D eigenvalue weighted by atomic mass is 79.9. The summed E-state index contributed by atoms with van der Waals surface area (Å²) in [6.07, 6.45) is 1.30. The lowest BCUT2D eigenvalue weighted by atomic mass is 10.1. The van der Waals surface area contributed by atoms with Gasteiger partial charge in [0.2, 0.25) is 15.9 Å². The Morgan fingerprint density at radius 2 is 1.88 bits per heavy atom. The molecule has 8 heteroatoms. The van der Waals surface area contributed by atoms with Crippen LogP contribution >= 0.6 is 15.9 Å². The van der Waals surface area contributed by atoms with E-state index in [0.29, 0.717) is 29.9 Å². The first-order valence-electron chi connectivity index (χ1n) is 7.95.